The Labute approximate surface area is 168 Å². The van der Waals surface area contributed by atoms with E-state index in [1.807, 2.05) is 26.8 Å². The summed E-state index contributed by atoms with van der Waals surface area (Å²) in [5.74, 6) is -0.972. The van der Waals surface area contributed by atoms with Gasteiger partial charge in [-0.3, -0.25) is 9.59 Å². The molecule has 0 saturated carbocycles. The third-order valence-electron chi connectivity index (χ3n) is 4.79. The highest BCUT2D eigenvalue weighted by Crippen LogP contribution is 2.17. The van der Waals surface area contributed by atoms with Crippen LogP contribution in [0.2, 0.25) is 0 Å². The third-order valence-corrected chi connectivity index (χ3v) is 4.79. The van der Waals surface area contributed by atoms with Crippen LogP contribution in [0.25, 0.3) is 5.65 Å². The lowest BCUT2D eigenvalue weighted by molar-refractivity contribution is -0.133. The topological polar surface area (TPSA) is 79.6 Å². The van der Waals surface area contributed by atoms with Gasteiger partial charge in [-0.15, -0.1) is 0 Å². The van der Waals surface area contributed by atoms with E-state index in [4.69, 9.17) is 0 Å². The highest BCUT2D eigenvalue weighted by Gasteiger charge is 2.16. The Bertz CT molecular complexity index is 1080. The molecule has 3 aromatic rings. The van der Waals surface area contributed by atoms with E-state index in [2.05, 4.69) is 15.4 Å². The number of aromatic nitrogens is 3. The molecule has 0 atom stereocenters. The second-order valence-corrected chi connectivity index (χ2v) is 7.13. The minimum atomic E-state index is -0.434. The zero-order valence-electron chi connectivity index (χ0n) is 17.0. The number of anilines is 1. The summed E-state index contributed by atoms with van der Waals surface area (Å²) in [6, 6.07) is 7.54. The van der Waals surface area contributed by atoms with Gasteiger partial charge in [0.2, 0.25) is 11.8 Å². The summed E-state index contributed by atoms with van der Waals surface area (Å²) >= 11 is 0. The molecule has 2 amide bonds. The van der Waals surface area contributed by atoms with Crippen molar-refractivity contribution < 1.29 is 14.0 Å². The summed E-state index contributed by atoms with van der Waals surface area (Å²) < 4.78 is 15.0. The van der Waals surface area contributed by atoms with E-state index >= 15 is 0 Å². The largest absolute Gasteiger partial charge is 0.336 e. The summed E-state index contributed by atoms with van der Waals surface area (Å²) in [6.07, 6.45) is 0.757. The van der Waals surface area contributed by atoms with Crippen molar-refractivity contribution in [3.63, 3.8) is 0 Å². The molecule has 0 spiro atoms. The molecule has 7 nitrogen and oxygen atoms in total. The van der Waals surface area contributed by atoms with Crippen molar-refractivity contribution in [2.45, 2.75) is 33.6 Å². The number of fused-ring (bicyclic) bond motifs is 1. The molecule has 3 rings (SSSR count). The zero-order valence-corrected chi connectivity index (χ0v) is 17.0. The number of hydrogen-bond acceptors (Lipinski definition) is 4. The Morgan fingerprint density at radius 2 is 1.97 bits per heavy atom. The van der Waals surface area contributed by atoms with Crippen LogP contribution in [0.3, 0.4) is 0 Å². The number of hydrogen-bond donors (Lipinski definition) is 1. The monoisotopic (exact) mass is 397 g/mol. The Hall–Kier alpha value is -3.29. The summed E-state index contributed by atoms with van der Waals surface area (Å²) in [7, 11) is 1.57. The van der Waals surface area contributed by atoms with Crippen LogP contribution < -0.4 is 5.32 Å². The van der Waals surface area contributed by atoms with E-state index in [1.54, 1.807) is 17.6 Å². The maximum Gasteiger partial charge on any atom is 0.243 e. The smallest absolute Gasteiger partial charge is 0.243 e. The van der Waals surface area contributed by atoms with Gasteiger partial charge in [0.05, 0.1) is 12.2 Å². The molecule has 0 saturated heterocycles. The van der Waals surface area contributed by atoms with E-state index in [9.17, 15) is 14.0 Å². The maximum atomic E-state index is 13.2. The van der Waals surface area contributed by atoms with Gasteiger partial charge in [0.1, 0.15) is 5.82 Å². The molecule has 0 bridgehead atoms. The molecular weight excluding hydrogens is 373 g/mol. The lowest BCUT2D eigenvalue weighted by atomic mass is 10.1. The molecule has 0 unspecified atom stereocenters. The van der Waals surface area contributed by atoms with Gasteiger partial charge in [-0.1, -0.05) is 6.07 Å². The minimum Gasteiger partial charge on any atom is -0.336 e. The van der Waals surface area contributed by atoms with Gasteiger partial charge in [-0.2, -0.15) is 5.10 Å². The predicted molar refractivity (Wildman–Crippen MR) is 108 cm³/mol. The molecule has 29 heavy (non-hydrogen) atoms. The number of nitrogens with zero attached hydrogens (tertiary/aromatic N) is 4. The number of rotatable bonds is 6. The Balaban J connectivity index is 1.60. The number of aryl methyl sites for hydroxylation is 3. The highest BCUT2D eigenvalue weighted by molar-refractivity contribution is 5.94. The number of benzene rings is 1. The summed E-state index contributed by atoms with van der Waals surface area (Å²) in [4.78, 5) is 30.5. The van der Waals surface area contributed by atoms with Crippen molar-refractivity contribution in [1.82, 2.24) is 19.5 Å². The second-order valence-electron chi connectivity index (χ2n) is 7.13. The predicted octanol–water partition coefficient (Wildman–Crippen LogP) is 2.82. The molecule has 0 aliphatic carbocycles. The Kier molecular flexibility index (Phi) is 5.91. The van der Waals surface area contributed by atoms with Crippen LogP contribution in [0.5, 0.6) is 0 Å². The number of carbonyl (C=O) groups excluding carboxylic acids is 2. The van der Waals surface area contributed by atoms with Crippen molar-refractivity contribution in [1.29, 1.82) is 0 Å². The molecule has 2 aromatic heterocycles. The number of likely N-dealkylation sites (N-methyl/N-ethyl adjacent to an activating group) is 1. The normalized spacial score (nSPS) is 10.9. The molecule has 0 radical (unpaired) electrons. The van der Waals surface area contributed by atoms with E-state index in [0.717, 1.165) is 28.3 Å². The van der Waals surface area contributed by atoms with Gasteiger partial charge < -0.3 is 10.2 Å². The van der Waals surface area contributed by atoms with Crippen LogP contribution in [0.15, 0.2) is 30.3 Å². The first kappa shape index (κ1) is 20.4. The fourth-order valence-electron chi connectivity index (χ4n) is 3.30. The number of halogens is 1. The van der Waals surface area contributed by atoms with Crippen LogP contribution in [-0.2, 0) is 16.0 Å². The van der Waals surface area contributed by atoms with Crippen molar-refractivity contribution in [2.75, 3.05) is 18.9 Å². The number of nitrogens with one attached hydrogen (secondary N) is 1. The lowest BCUT2D eigenvalue weighted by Gasteiger charge is -2.18. The first-order valence-corrected chi connectivity index (χ1v) is 9.36. The van der Waals surface area contributed by atoms with Gasteiger partial charge in [0, 0.05) is 36.6 Å². The SMILES string of the molecule is Cc1cc2nc(C)c(CCC(=O)N(C)CC(=O)Nc3cccc(F)c3)c(C)n2n1. The molecule has 152 valence electrons. The summed E-state index contributed by atoms with van der Waals surface area (Å²) in [5.41, 5.74) is 4.84. The first-order chi connectivity index (χ1) is 13.7. The van der Waals surface area contributed by atoms with E-state index in [-0.39, 0.29) is 24.8 Å². The third kappa shape index (κ3) is 4.77. The molecule has 0 aliphatic rings. The molecule has 0 fully saturated rings. The minimum absolute atomic E-state index is 0.108. The second kappa shape index (κ2) is 8.38. The van der Waals surface area contributed by atoms with Crippen LogP contribution in [0.1, 0.15) is 29.1 Å². The molecule has 1 N–H and O–H groups in total. The van der Waals surface area contributed by atoms with Gasteiger partial charge in [0.25, 0.3) is 0 Å². The van der Waals surface area contributed by atoms with Gasteiger partial charge in [-0.05, 0) is 51.0 Å². The summed E-state index contributed by atoms with van der Waals surface area (Å²) in [6.45, 7) is 5.69. The van der Waals surface area contributed by atoms with Crippen LogP contribution in [0.4, 0.5) is 10.1 Å². The summed E-state index contributed by atoms with van der Waals surface area (Å²) in [5, 5.41) is 7.03. The number of carbonyl (C=O) groups is 2. The molecule has 0 aliphatic heterocycles. The van der Waals surface area contributed by atoms with Crippen molar-refractivity contribution in [3.8, 4) is 0 Å². The lowest BCUT2D eigenvalue weighted by Crippen LogP contribution is -2.35. The van der Waals surface area contributed by atoms with Gasteiger partial charge in [-0.25, -0.2) is 13.9 Å². The van der Waals surface area contributed by atoms with Crippen LogP contribution >= 0.6 is 0 Å². The highest BCUT2D eigenvalue weighted by atomic mass is 19.1. The number of amides is 2. The Morgan fingerprint density at radius 3 is 2.69 bits per heavy atom. The van der Waals surface area contributed by atoms with Crippen LogP contribution in [0, 0.1) is 26.6 Å². The average molecular weight is 397 g/mol. The van der Waals surface area contributed by atoms with Crippen molar-refractivity contribution in [3.05, 3.63) is 58.8 Å². The quantitative estimate of drug-likeness (QED) is 0.694. The van der Waals surface area contributed by atoms with Gasteiger partial charge >= 0.3 is 0 Å². The van der Waals surface area contributed by atoms with Gasteiger partial charge in [0.15, 0.2) is 5.65 Å². The Morgan fingerprint density at radius 1 is 1.21 bits per heavy atom. The zero-order chi connectivity index (χ0) is 21.1. The van der Waals surface area contributed by atoms with Crippen molar-refractivity contribution in [2.24, 2.45) is 0 Å². The maximum absolute atomic E-state index is 13.2. The molecule has 1 aromatic carbocycles. The standard InChI is InChI=1S/C21H24FN5O2/c1-13-10-19-23-14(2)18(15(3)27(19)25-13)8-9-21(29)26(4)12-20(28)24-17-7-5-6-16(22)11-17/h5-7,10-11H,8-9,12H2,1-4H3,(H,24,28). The fraction of sp³-hybridized carbons (Fsp3) is 0.333. The van der Waals surface area contributed by atoms with Crippen LogP contribution in [-0.4, -0.2) is 44.9 Å². The fourth-order valence-corrected chi connectivity index (χ4v) is 3.30. The van der Waals surface area contributed by atoms with E-state index in [1.165, 1.54) is 23.1 Å². The molecule has 2 heterocycles. The van der Waals surface area contributed by atoms with Crippen molar-refractivity contribution >= 4 is 23.1 Å². The molecular formula is C21H24FN5O2. The van der Waals surface area contributed by atoms with E-state index in [0.29, 0.717) is 12.1 Å². The first-order valence-electron chi connectivity index (χ1n) is 9.36. The van der Waals surface area contributed by atoms with E-state index < -0.39 is 5.82 Å². The average Bonchev–Trinajstić information content (AvgIpc) is 3.01. The molecule has 8 heteroatoms.